The summed E-state index contributed by atoms with van der Waals surface area (Å²) in [6.07, 6.45) is 6.33. The molecule has 0 atom stereocenters. The van der Waals surface area contributed by atoms with E-state index in [2.05, 4.69) is 144 Å². The van der Waals surface area contributed by atoms with Gasteiger partial charge in [-0.25, -0.2) is 0 Å². The molecule has 0 aliphatic carbocycles. The molecule has 0 unspecified atom stereocenters. The quantitative estimate of drug-likeness (QED) is 0.131. The first kappa shape index (κ1) is 25.2. The van der Waals surface area contributed by atoms with Crippen molar-refractivity contribution in [2.45, 2.75) is 13.8 Å². The maximum absolute atomic E-state index is 6.76. The minimum Gasteiger partial charge on any atom is -0.455 e. The summed E-state index contributed by atoms with van der Waals surface area (Å²) in [5.74, 6) is 0. The Morgan fingerprint density at radius 1 is 0.634 bits per heavy atom. The fourth-order valence-electron chi connectivity index (χ4n) is 6.57. The summed E-state index contributed by atoms with van der Waals surface area (Å²) in [6.45, 7) is 4.22. The van der Waals surface area contributed by atoms with E-state index in [4.69, 9.17) is 4.42 Å². The molecule has 7 aromatic rings. The first-order valence-electron chi connectivity index (χ1n) is 14.3. The van der Waals surface area contributed by atoms with Crippen LogP contribution in [0, 0.1) is 0 Å². The fraction of sp³-hybridized carbons (Fsp3) is 0.0526. The zero-order chi connectivity index (χ0) is 28.1. The highest BCUT2D eigenvalue weighted by atomic mass is 16.3. The highest BCUT2D eigenvalue weighted by Crippen LogP contribution is 2.46. The number of benzene rings is 6. The number of hydrogen-bond acceptors (Lipinski definition) is 1. The maximum atomic E-state index is 6.76. The van der Waals surface area contributed by atoms with Crippen LogP contribution in [0.2, 0.25) is 0 Å². The molecule has 41 heavy (non-hydrogen) atoms. The van der Waals surface area contributed by atoms with Gasteiger partial charge in [0, 0.05) is 21.9 Å². The van der Waals surface area contributed by atoms with E-state index in [0.29, 0.717) is 0 Å². The summed E-state index contributed by atoms with van der Waals surface area (Å²) >= 11 is 0. The molecular formula is C38H30B2O. The zero-order valence-corrected chi connectivity index (χ0v) is 24.0. The summed E-state index contributed by atoms with van der Waals surface area (Å²) in [5.41, 5.74) is 11.7. The Morgan fingerprint density at radius 3 is 1.95 bits per heavy atom. The van der Waals surface area contributed by atoms with Gasteiger partial charge in [0.2, 0.25) is 0 Å². The van der Waals surface area contributed by atoms with Gasteiger partial charge in [-0.1, -0.05) is 126 Å². The highest BCUT2D eigenvalue weighted by molar-refractivity contribution is 6.47. The summed E-state index contributed by atoms with van der Waals surface area (Å²) in [6, 6.07) is 37.2. The molecule has 0 saturated heterocycles. The monoisotopic (exact) mass is 524 g/mol. The summed E-state index contributed by atoms with van der Waals surface area (Å²) in [4.78, 5) is 0. The van der Waals surface area contributed by atoms with Gasteiger partial charge < -0.3 is 4.42 Å². The molecule has 194 valence electrons. The average molecular weight is 524 g/mol. The molecule has 3 heteroatoms. The molecule has 0 N–H and O–H groups in total. The molecule has 0 saturated carbocycles. The van der Waals surface area contributed by atoms with Gasteiger partial charge in [0.1, 0.15) is 26.9 Å². The third kappa shape index (κ3) is 3.96. The molecule has 0 aliphatic rings. The molecule has 0 spiro atoms. The van der Waals surface area contributed by atoms with Crippen LogP contribution in [0.3, 0.4) is 0 Å². The smallest absolute Gasteiger partial charge is 0.143 e. The summed E-state index contributed by atoms with van der Waals surface area (Å²) in [5, 5.41) is 7.42. The zero-order valence-electron chi connectivity index (χ0n) is 24.0. The van der Waals surface area contributed by atoms with Crippen molar-refractivity contribution < 1.29 is 4.42 Å². The molecule has 1 nitrogen and oxygen atoms in total. The summed E-state index contributed by atoms with van der Waals surface area (Å²) < 4.78 is 6.76. The number of allylic oxidation sites excluding steroid dienone is 4. The molecule has 0 fully saturated rings. The number of rotatable bonds is 4. The molecule has 1 heterocycles. The third-order valence-electron chi connectivity index (χ3n) is 8.40. The Labute approximate surface area is 242 Å². The maximum Gasteiger partial charge on any atom is 0.143 e. The Balaban J connectivity index is 1.66. The lowest BCUT2D eigenvalue weighted by Gasteiger charge is -2.20. The number of furan rings is 1. The second-order valence-electron chi connectivity index (χ2n) is 10.9. The van der Waals surface area contributed by atoms with Crippen LogP contribution < -0.4 is 10.9 Å². The van der Waals surface area contributed by atoms with Crippen molar-refractivity contribution in [2.75, 3.05) is 0 Å². The van der Waals surface area contributed by atoms with E-state index in [1.54, 1.807) is 0 Å². The lowest BCUT2D eigenvalue weighted by atomic mass is 9.76. The van der Waals surface area contributed by atoms with Crippen molar-refractivity contribution >= 4 is 75.7 Å². The van der Waals surface area contributed by atoms with Gasteiger partial charge in [-0.05, 0) is 63.7 Å². The topological polar surface area (TPSA) is 13.1 Å². The van der Waals surface area contributed by atoms with E-state index in [-0.39, 0.29) is 0 Å². The van der Waals surface area contributed by atoms with E-state index in [1.807, 2.05) is 6.92 Å². The van der Waals surface area contributed by atoms with Gasteiger partial charge in [-0.3, -0.25) is 0 Å². The molecule has 0 aliphatic heterocycles. The van der Waals surface area contributed by atoms with Crippen LogP contribution >= 0.6 is 0 Å². The van der Waals surface area contributed by atoms with Crippen molar-refractivity contribution in [3.8, 4) is 22.3 Å². The van der Waals surface area contributed by atoms with Crippen molar-refractivity contribution in [2.24, 2.45) is 0 Å². The Morgan fingerprint density at radius 2 is 1.27 bits per heavy atom. The minimum absolute atomic E-state index is 0.917. The SMILES string of the molecule is Bc1cccc2c(-c3cccc4c3oc3cccc(/C(C)=C/C=C\C)c34)c3cccc(B)c3c(-c3ccccc3)c12. The molecular weight excluding hydrogens is 494 g/mol. The van der Waals surface area contributed by atoms with Gasteiger partial charge in [-0.15, -0.1) is 0 Å². The van der Waals surface area contributed by atoms with Gasteiger partial charge in [-0.2, -0.15) is 0 Å². The lowest BCUT2D eigenvalue weighted by molar-refractivity contribution is 0.670. The Hall–Kier alpha value is -4.75. The first-order chi connectivity index (χ1) is 20.1. The molecule has 0 bridgehead atoms. The van der Waals surface area contributed by atoms with Gasteiger partial charge in [0.05, 0.1) is 0 Å². The predicted octanol–water partition coefficient (Wildman–Crippen LogP) is 7.72. The summed E-state index contributed by atoms with van der Waals surface area (Å²) in [7, 11) is 4.47. The number of hydrogen-bond donors (Lipinski definition) is 0. The first-order valence-corrected chi connectivity index (χ1v) is 14.3. The number of fused-ring (bicyclic) bond motifs is 5. The van der Waals surface area contributed by atoms with Gasteiger partial charge >= 0.3 is 0 Å². The van der Waals surface area contributed by atoms with Crippen LogP contribution in [0.25, 0.3) is 71.3 Å². The second kappa shape index (κ2) is 10.0. The normalized spacial score (nSPS) is 12.4. The predicted molar refractivity (Wildman–Crippen MR) is 184 cm³/mol. The standard InChI is InChI=1S/C38H30B2O/c1-3-4-12-23(2)25-15-11-22-32-35(25)29-19-8-18-28(38(29)41-32)34-26-16-9-20-30(39)36(26)33(24-13-6-5-7-14-24)37-27(34)17-10-21-31(37)40/h3-22H,39-40H2,1-2H3/b4-3-,23-12+. The van der Waals surface area contributed by atoms with Crippen LogP contribution in [0.5, 0.6) is 0 Å². The molecule has 6 aromatic carbocycles. The molecule has 7 rings (SSSR count). The highest BCUT2D eigenvalue weighted by Gasteiger charge is 2.22. The third-order valence-corrected chi connectivity index (χ3v) is 8.40. The van der Waals surface area contributed by atoms with E-state index in [1.165, 1.54) is 65.7 Å². The average Bonchev–Trinajstić information content (AvgIpc) is 3.39. The lowest BCUT2D eigenvalue weighted by Crippen LogP contribution is -2.10. The van der Waals surface area contributed by atoms with Crippen molar-refractivity contribution in [3.63, 3.8) is 0 Å². The molecule has 0 radical (unpaired) electrons. The van der Waals surface area contributed by atoms with Crippen LogP contribution in [-0.2, 0) is 0 Å². The van der Waals surface area contributed by atoms with Gasteiger partial charge in [0.25, 0.3) is 0 Å². The van der Waals surface area contributed by atoms with E-state index in [9.17, 15) is 0 Å². The largest absolute Gasteiger partial charge is 0.455 e. The van der Waals surface area contributed by atoms with Crippen LogP contribution in [0.15, 0.2) is 126 Å². The van der Waals surface area contributed by atoms with Crippen molar-refractivity contribution in [1.82, 2.24) is 0 Å². The van der Waals surface area contributed by atoms with Gasteiger partial charge in [0.15, 0.2) is 0 Å². The Kier molecular flexibility index (Phi) is 6.16. The number of para-hydroxylation sites is 1. The van der Waals surface area contributed by atoms with E-state index in [0.717, 1.165) is 22.1 Å². The van der Waals surface area contributed by atoms with Crippen LogP contribution in [-0.4, -0.2) is 15.7 Å². The minimum atomic E-state index is 0.917. The van der Waals surface area contributed by atoms with E-state index < -0.39 is 0 Å². The van der Waals surface area contributed by atoms with Crippen LogP contribution in [0.1, 0.15) is 19.4 Å². The molecule has 0 amide bonds. The molecule has 1 aromatic heterocycles. The fourth-order valence-corrected chi connectivity index (χ4v) is 6.57. The second-order valence-corrected chi connectivity index (χ2v) is 10.9. The Bertz CT molecular complexity index is 2120. The van der Waals surface area contributed by atoms with Crippen molar-refractivity contribution in [3.05, 3.63) is 127 Å². The van der Waals surface area contributed by atoms with E-state index >= 15 is 0 Å². The van der Waals surface area contributed by atoms with Crippen molar-refractivity contribution in [1.29, 1.82) is 0 Å². The van der Waals surface area contributed by atoms with Crippen LogP contribution in [0.4, 0.5) is 0 Å².